The summed E-state index contributed by atoms with van der Waals surface area (Å²) in [6.45, 7) is 3.77. The molecule has 4 N–H and O–H groups in total. The van der Waals surface area contributed by atoms with Gasteiger partial charge in [0.1, 0.15) is 11.5 Å². The highest BCUT2D eigenvalue weighted by Crippen LogP contribution is 2.57. The number of nitrogens with two attached hydrogens (primary N) is 2. The summed E-state index contributed by atoms with van der Waals surface area (Å²) < 4.78 is 12.1. The smallest absolute Gasteiger partial charge is 0.340 e. The SMILES string of the molecule is C/C=C\C1=C(/C=C/C)C(=O)OC12c1ccc(N)cc1Oc1cc(N)ccc12. The Labute approximate surface area is 157 Å². The lowest BCUT2D eigenvalue weighted by molar-refractivity contribution is -0.144. The Hall–Kier alpha value is -3.47. The van der Waals surface area contributed by atoms with Crippen molar-refractivity contribution in [2.45, 2.75) is 19.4 Å². The van der Waals surface area contributed by atoms with Crippen LogP contribution in [0.15, 0.2) is 71.8 Å². The van der Waals surface area contributed by atoms with Gasteiger partial charge >= 0.3 is 5.97 Å². The van der Waals surface area contributed by atoms with Crippen molar-refractivity contribution in [3.8, 4) is 11.5 Å². The zero-order valence-electron chi connectivity index (χ0n) is 15.2. The van der Waals surface area contributed by atoms with E-state index >= 15 is 0 Å². The van der Waals surface area contributed by atoms with E-state index in [4.69, 9.17) is 20.9 Å². The van der Waals surface area contributed by atoms with Crippen molar-refractivity contribution in [2.24, 2.45) is 0 Å². The van der Waals surface area contributed by atoms with Crippen molar-refractivity contribution in [3.05, 3.63) is 83.0 Å². The standard InChI is InChI=1S/C22H20N2O3/c1-3-5-15-16(6-4-2)22(27-21(15)25)17-9-7-13(23)11-19(17)26-20-12-14(24)8-10-18(20)22/h3-12H,23-24H2,1-2H3/b5-3+,6-4-. The van der Waals surface area contributed by atoms with Crippen LogP contribution in [0.3, 0.4) is 0 Å². The van der Waals surface area contributed by atoms with E-state index in [-0.39, 0.29) is 5.97 Å². The Balaban J connectivity index is 2.12. The van der Waals surface area contributed by atoms with Gasteiger partial charge in [0.05, 0.1) is 5.57 Å². The first-order valence-corrected chi connectivity index (χ1v) is 8.72. The van der Waals surface area contributed by atoms with Crippen molar-refractivity contribution in [2.75, 3.05) is 11.5 Å². The minimum atomic E-state index is -1.11. The van der Waals surface area contributed by atoms with Crippen LogP contribution in [-0.2, 0) is 15.1 Å². The van der Waals surface area contributed by atoms with E-state index < -0.39 is 5.60 Å². The summed E-state index contributed by atoms with van der Waals surface area (Å²) in [7, 11) is 0. The van der Waals surface area contributed by atoms with Crippen LogP contribution >= 0.6 is 0 Å². The molecule has 0 aliphatic carbocycles. The van der Waals surface area contributed by atoms with E-state index in [1.54, 1.807) is 30.3 Å². The molecule has 2 aliphatic heterocycles. The molecule has 0 amide bonds. The highest BCUT2D eigenvalue weighted by atomic mass is 16.6. The molecule has 0 bridgehead atoms. The second kappa shape index (κ2) is 6.06. The van der Waals surface area contributed by atoms with Gasteiger partial charge in [0, 0.05) is 40.2 Å². The number of hydrogen-bond acceptors (Lipinski definition) is 5. The maximum Gasteiger partial charge on any atom is 0.340 e. The third-order valence-electron chi connectivity index (χ3n) is 4.79. The molecule has 1 spiro atoms. The molecule has 0 saturated carbocycles. The molecule has 4 rings (SSSR count). The number of nitrogen functional groups attached to an aromatic ring is 2. The van der Waals surface area contributed by atoms with Gasteiger partial charge in [-0.1, -0.05) is 24.3 Å². The zero-order valence-corrected chi connectivity index (χ0v) is 15.2. The fraction of sp³-hybridized carbons (Fsp3) is 0.136. The van der Waals surface area contributed by atoms with Gasteiger partial charge in [-0.3, -0.25) is 0 Å². The molecule has 2 aromatic carbocycles. The Morgan fingerprint density at radius 3 is 1.96 bits per heavy atom. The average Bonchev–Trinajstić information content (AvgIpc) is 2.88. The fourth-order valence-corrected chi connectivity index (χ4v) is 3.74. The number of esters is 1. The fourth-order valence-electron chi connectivity index (χ4n) is 3.74. The molecule has 0 saturated heterocycles. The number of allylic oxidation sites excluding steroid dienone is 2. The van der Waals surface area contributed by atoms with Crippen molar-refractivity contribution < 1.29 is 14.3 Å². The van der Waals surface area contributed by atoms with Crippen LogP contribution in [0.2, 0.25) is 0 Å². The largest absolute Gasteiger partial charge is 0.456 e. The average molecular weight is 360 g/mol. The molecule has 2 aliphatic rings. The van der Waals surface area contributed by atoms with Gasteiger partial charge in [0.25, 0.3) is 0 Å². The van der Waals surface area contributed by atoms with Crippen molar-refractivity contribution in [1.29, 1.82) is 0 Å². The molecule has 2 aromatic rings. The predicted molar refractivity (Wildman–Crippen MR) is 105 cm³/mol. The van der Waals surface area contributed by atoms with Crippen LogP contribution in [0.5, 0.6) is 11.5 Å². The number of rotatable bonds is 2. The molecule has 0 fully saturated rings. The topological polar surface area (TPSA) is 87.6 Å². The summed E-state index contributed by atoms with van der Waals surface area (Å²) in [5.74, 6) is 0.711. The van der Waals surface area contributed by atoms with E-state index in [0.717, 1.165) is 16.7 Å². The first-order chi connectivity index (χ1) is 13.0. The first kappa shape index (κ1) is 17.0. The van der Waals surface area contributed by atoms with Crippen LogP contribution in [0.1, 0.15) is 25.0 Å². The van der Waals surface area contributed by atoms with Gasteiger partial charge < -0.3 is 20.9 Å². The number of ether oxygens (including phenoxy) is 2. The Kier molecular flexibility index (Phi) is 3.81. The normalized spacial score (nSPS) is 17.3. The summed E-state index contributed by atoms with van der Waals surface area (Å²) in [6, 6.07) is 10.7. The van der Waals surface area contributed by atoms with Gasteiger partial charge in [-0.2, -0.15) is 0 Å². The van der Waals surface area contributed by atoms with Gasteiger partial charge in [-0.25, -0.2) is 4.79 Å². The van der Waals surface area contributed by atoms with Gasteiger partial charge in [0.15, 0.2) is 5.60 Å². The van der Waals surface area contributed by atoms with E-state index in [0.29, 0.717) is 28.4 Å². The van der Waals surface area contributed by atoms with Crippen molar-refractivity contribution >= 4 is 17.3 Å². The van der Waals surface area contributed by atoms with E-state index in [1.165, 1.54) is 0 Å². The molecule has 0 radical (unpaired) electrons. The minimum absolute atomic E-state index is 0.381. The van der Waals surface area contributed by atoms with E-state index in [9.17, 15) is 4.79 Å². The van der Waals surface area contributed by atoms with Crippen molar-refractivity contribution in [3.63, 3.8) is 0 Å². The second-order valence-electron chi connectivity index (χ2n) is 6.51. The maximum absolute atomic E-state index is 12.8. The van der Waals surface area contributed by atoms with Gasteiger partial charge in [-0.15, -0.1) is 0 Å². The lowest BCUT2D eigenvalue weighted by Gasteiger charge is -2.37. The Bertz CT molecular complexity index is 996. The summed E-state index contributed by atoms with van der Waals surface area (Å²) in [4.78, 5) is 12.8. The second-order valence-corrected chi connectivity index (χ2v) is 6.51. The number of anilines is 2. The summed E-state index contributed by atoms with van der Waals surface area (Å²) in [6.07, 6.45) is 7.40. The molecule has 5 heteroatoms. The van der Waals surface area contributed by atoms with Crippen molar-refractivity contribution in [1.82, 2.24) is 0 Å². The van der Waals surface area contributed by atoms with Crippen LogP contribution in [0.25, 0.3) is 0 Å². The lowest BCUT2D eigenvalue weighted by atomic mass is 9.76. The third kappa shape index (κ3) is 2.35. The molecular weight excluding hydrogens is 340 g/mol. The van der Waals surface area contributed by atoms with Crippen LogP contribution in [0, 0.1) is 0 Å². The number of carbonyl (C=O) groups is 1. The molecule has 27 heavy (non-hydrogen) atoms. The van der Waals surface area contributed by atoms with Crippen LogP contribution in [0.4, 0.5) is 11.4 Å². The molecule has 5 nitrogen and oxygen atoms in total. The predicted octanol–water partition coefficient (Wildman–Crippen LogP) is 4.21. The molecule has 2 heterocycles. The Morgan fingerprint density at radius 2 is 1.44 bits per heavy atom. The number of hydrogen-bond donors (Lipinski definition) is 2. The highest BCUT2D eigenvalue weighted by Gasteiger charge is 2.53. The number of carbonyl (C=O) groups excluding carboxylic acids is 1. The molecule has 136 valence electrons. The zero-order chi connectivity index (χ0) is 19.2. The van der Waals surface area contributed by atoms with Gasteiger partial charge in [-0.05, 0) is 38.1 Å². The van der Waals surface area contributed by atoms with Crippen LogP contribution in [-0.4, -0.2) is 5.97 Å². The quantitative estimate of drug-likeness (QED) is 0.619. The third-order valence-corrected chi connectivity index (χ3v) is 4.79. The summed E-state index contributed by atoms with van der Waals surface area (Å²) >= 11 is 0. The summed E-state index contributed by atoms with van der Waals surface area (Å²) in [5, 5.41) is 0. The minimum Gasteiger partial charge on any atom is -0.456 e. The van der Waals surface area contributed by atoms with E-state index in [2.05, 4.69) is 0 Å². The molecule has 0 atom stereocenters. The Morgan fingerprint density at radius 1 is 0.889 bits per heavy atom. The first-order valence-electron chi connectivity index (χ1n) is 8.72. The van der Waals surface area contributed by atoms with Gasteiger partial charge in [0.2, 0.25) is 0 Å². The highest BCUT2D eigenvalue weighted by molar-refractivity contribution is 5.98. The molecular formula is C22H20N2O3. The summed E-state index contributed by atoms with van der Waals surface area (Å²) in [5.41, 5.74) is 14.7. The van der Waals surface area contributed by atoms with Crippen LogP contribution < -0.4 is 16.2 Å². The maximum atomic E-state index is 12.8. The molecule has 0 aromatic heterocycles. The van der Waals surface area contributed by atoms with E-state index in [1.807, 2.05) is 44.2 Å². The molecule has 0 unspecified atom stereocenters. The number of fused-ring (bicyclic) bond motifs is 4. The lowest BCUT2D eigenvalue weighted by Crippen LogP contribution is -2.34. The monoisotopic (exact) mass is 360 g/mol. The number of benzene rings is 2.